The third-order valence-electron chi connectivity index (χ3n) is 3.62. The fourth-order valence-corrected chi connectivity index (χ4v) is 2.77. The minimum Gasteiger partial charge on any atom is -0.473 e. The molecule has 0 aliphatic heterocycles. The van der Waals surface area contributed by atoms with E-state index in [-0.39, 0.29) is 12.4 Å². The van der Waals surface area contributed by atoms with Crippen LogP contribution in [0.3, 0.4) is 0 Å². The van der Waals surface area contributed by atoms with E-state index in [0.717, 1.165) is 0 Å². The van der Waals surface area contributed by atoms with Gasteiger partial charge < -0.3 is 4.74 Å². The summed E-state index contributed by atoms with van der Waals surface area (Å²) in [5.41, 5.74) is 2.04. The first-order valence-corrected chi connectivity index (χ1v) is 7.87. The molecule has 0 spiro atoms. The maximum absolute atomic E-state index is 13.0. The van der Waals surface area contributed by atoms with E-state index in [9.17, 15) is 4.79 Å². The Kier molecular flexibility index (Phi) is 4.67. The van der Waals surface area contributed by atoms with Crippen LogP contribution < -0.4 is 4.74 Å². The van der Waals surface area contributed by atoms with Crippen molar-refractivity contribution < 1.29 is 9.53 Å². The molecule has 1 aromatic carbocycles. The molecule has 128 valence electrons. The molecule has 0 aliphatic carbocycles. The Labute approximate surface area is 149 Å². The molecule has 0 fully saturated rings. The predicted octanol–water partition coefficient (Wildman–Crippen LogP) is 2.76. The molecule has 8 heteroatoms. The van der Waals surface area contributed by atoms with Crippen LogP contribution in [-0.2, 0) is 7.05 Å². The van der Waals surface area contributed by atoms with Crippen molar-refractivity contribution in [1.82, 2.24) is 24.5 Å². The highest BCUT2D eigenvalue weighted by Gasteiger charge is 2.24. The first-order valence-electron chi connectivity index (χ1n) is 7.49. The lowest BCUT2D eigenvalue weighted by Gasteiger charge is -2.09. The van der Waals surface area contributed by atoms with E-state index < -0.39 is 0 Å². The molecule has 0 saturated heterocycles. The van der Waals surface area contributed by atoms with Crippen molar-refractivity contribution in [1.29, 1.82) is 0 Å². The van der Waals surface area contributed by atoms with Crippen molar-refractivity contribution in [2.24, 2.45) is 7.05 Å². The molecule has 0 unspecified atom stereocenters. The average Bonchev–Trinajstić information content (AvgIpc) is 3.20. The zero-order chi connectivity index (χ0) is 18.0. The van der Waals surface area contributed by atoms with Crippen molar-refractivity contribution in [3.63, 3.8) is 0 Å². The Morgan fingerprint density at radius 1 is 1.44 bits per heavy atom. The van der Waals surface area contributed by atoms with Gasteiger partial charge in [0.25, 0.3) is 0 Å². The van der Waals surface area contributed by atoms with E-state index in [1.165, 1.54) is 11.0 Å². The molecule has 2 aromatic heterocycles. The third kappa shape index (κ3) is 3.18. The second-order valence-corrected chi connectivity index (χ2v) is 5.73. The molecule has 0 atom stereocenters. The topological polar surface area (TPSA) is 74.8 Å². The van der Waals surface area contributed by atoms with Crippen molar-refractivity contribution in [3.05, 3.63) is 65.4 Å². The lowest BCUT2D eigenvalue weighted by atomic mass is 10.0. The first-order chi connectivity index (χ1) is 12.0. The molecule has 0 aliphatic rings. The summed E-state index contributed by atoms with van der Waals surface area (Å²) < 4.78 is 8.69. The Bertz CT molecular complexity index is 931. The molecule has 3 rings (SSSR count). The quantitative estimate of drug-likeness (QED) is 0.501. The Morgan fingerprint density at radius 2 is 2.24 bits per heavy atom. The van der Waals surface area contributed by atoms with Gasteiger partial charge in [0, 0.05) is 12.6 Å². The van der Waals surface area contributed by atoms with Crippen LogP contribution in [0.5, 0.6) is 5.88 Å². The minimum absolute atomic E-state index is 0.250. The normalized spacial score (nSPS) is 10.7. The van der Waals surface area contributed by atoms with E-state index in [1.54, 1.807) is 49.3 Å². The second-order valence-electron chi connectivity index (χ2n) is 5.32. The Balaban J connectivity index is 2.00. The third-order valence-corrected chi connectivity index (χ3v) is 3.93. The number of rotatable bonds is 6. The van der Waals surface area contributed by atoms with Gasteiger partial charge in [0.15, 0.2) is 0 Å². The van der Waals surface area contributed by atoms with Crippen molar-refractivity contribution in [3.8, 4) is 11.6 Å². The molecule has 2 heterocycles. The lowest BCUT2D eigenvalue weighted by molar-refractivity contribution is 0.103. The number of carbonyl (C=O) groups is 1. The molecule has 0 saturated carbocycles. The van der Waals surface area contributed by atoms with Gasteiger partial charge in [-0.15, -0.1) is 0 Å². The zero-order valence-electron chi connectivity index (χ0n) is 13.8. The fraction of sp³-hybridized carbons (Fsp3) is 0.176. The number of ether oxygens (including phenoxy) is 1. The maximum atomic E-state index is 13.0. The molecule has 3 aromatic rings. The molecule has 7 nitrogen and oxygen atoms in total. The van der Waals surface area contributed by atoms with Crippen LogP contribution in [0.1, 0.15) is 21.6 Å². The highest BCUT2D eigenvalue weighted by atomic mass is 35.5. The predicted molar refractivity (Wildman–Crippen MR) is 93.4 cm³/mol. The number of halogens is 1. The van der Waals surface area contributed by atoms with Crippen LogP contribution in [0.25, 0.3) is 5.69 Å². The zero-order valence-corrected chi connectivity index (χ0v) is 14.6. The summed E-state index contributed by atoms with van der Waals surface area (Å²) in [4.78, 5) is 16.9. The van der Waals surface area contributed by atoms with Crippen LogP contribution in [0.4, 0.5) is 0 Å². The van der Waals surface area contributed by atoms with Gasteiger partial charge in [-0.05, 0) is 25.1 Å². The van der Waals surface area contributed by atoms with E-state index in [0.29, 0.717) is 33.4 Å². The highest BCUT2D eigenvalue weighted by molar-refractivity contribution is 6.35. The second kappa shape index (κ2) is 6.90. The van der Waals surface area contributed by atoms with E-state index in [4.69, 9.17) is 16.3 Å². The smallest absolute Gasteiger partial charge is 0.223 e. The average molecular weight is 358 g/mol. The van der Waals surface area contributed by atoms with Gasteiger partial charge in [-0.1, -0.05) is 24.3 Å². The largest absolute Gasteiger partial charge is 0.473 e. The minimum atomic E-state index is -0.250. The van der Waals surface area contributed by atoms with Gasteiger partial charge in [0.2, 0.25) is 11.7 Å². The van der Waals surface area contributed by atoms with Gasteiger partial charge >= 0.3 is 0 Å². The molecule has 0 bridgehead atoms. The molecule has 0 N–H and O–H groups in total. The molecule has 0 radical (unpaired) electrons. The summed E-state index contributed by atoms with van der Waals surface area (Å²) in [7, 11) is 1.72. The summed E-state index contributed by atoms with van der Waals surface area (Å²) in [6, 6.07) is 5.08. The molecular formula is C17H16ClN5O2. The maximum Gasteiger partial charge on any atom is 0.223 e. The summed E-state index contributed by atoms with van der Waals surface area (Å²) in [6.45, 7) is 5.65. The number of hydrogen-bond acceptors (Lipinski definition) is 5. The number of ketones is 1. The van der Waals surface area contributed by atoms with Gasteiger partial charge in [-0.3, -0.25) is 4.79 Å². The van der Waals surface area contributed by atoms with Crippen LogP contribution >= 0.6 is 11.6 Å². The Morgan fingerprint density at radius 3 is 2.88 bits per heavy atom. The van der Waals surface area contributed by atoms with Crippen LogP contribution in [0.15, 0.2) is 43.5 Å². The number of aryl methyl sites for hydroxylation is 2. The highest BCUT2D eigenvalue weighted by Crippen LogP contribution is 2.28. The lowest BCUT2D eigenvalue weighted by Crippen LogP contribution is -2.08. The van der Waals surface area contributed by atoms with Gasteiger partial charge in [0.1, 0.15) is 24.8 Å². The molecule has 25 heavy (non-hydrogen) atoms. The number of nitrogens with zero attached hydrogens (tertiary/aromatic N) is 5. The Hall–Kier alpha value is -2.93. The van der Waals surface area contributed by atoms with Crippen LogP contribution in [0, 0.1) is 6.92 Å². The van der Waals surface area contributed by atoms with Gasteiger partial charge in [-0.25, -0.2) is 14.3 Å². The van der Waals surface area contributed by atoms with Gasteiger partial charge in [-0.2, -0.15) is 10.2 Å². The summed E-state index contributed by atoms with van der Waals surface area (Å²) in [5, 5.41) is 8.63. The van der Waals surface area contributed by atoms with Crippen molar-refractivity contribution in [2.45, 2.75) is 6.92 Å². The summed E-state index contributed by atoms with van der Waals surface area (Å²) in [5.74, 6) is 0.138. The van der Waals surface area contributed by atoms with Crippen molar-refractivity contribution in [2.75, 3.05) is 6.61 Å². The number of hydrogen-bond donors (Lipinski definition) is 0. The van der Waals surface area contributed by atoms with E-state index in [1.807, 2.05) is 0 Å². The molecule has 0 amide bonds. The number of benzene rings is 1. The van der Waals surface area contributed by atoms with E-state index in [2.05, 4.69) is 21.8 Å². The van der Waals surface area contributed by atoms with Crippen LogP contribution in [-0.4, -0.2) is 36.9 Å². The number of carbonyl (C=O) groups excluding carboxylic acids is 1. The standard InChI is InChI=1S/C17H16ClN5O2/c1-4-7-25-17-15(11(2)21-22(17)3)16(24)13-6-5-12(8-14(13)18)23-10-19-9-20-23/h4-6,8-10H,1,7H2,2-3H3. The SMILES string of the molecule is C=CCOc1c(C(=O)c2ccc(-n3cncn3)cc2Cl)c(C)nn1C. The fourth-order valence-electron chi connectivity index (χ4n) is 2.51. The molecular weight excluding hydrogens is 342 g/mol. The summed E-state index contributed by atoms with van der Waals surface area (Å²) in [6.07, 6.45) is 4.59. The van der Waals surface area contributed by atoms with Crippen molar-refractivity contribution >= 4 is 17.4 Å². The van der Waals surface area contributed by atoms with Gasteiger partial charge in [0.05, 0.1) is 16.4 Å². The monoisotopic (exact) mass is 357 g/mol. The van der Waals surface area contributed by atoms with E-state index >= 15 is 0 Å². The first kappa shape index (κ1) is 16.9. The van der Waals surface area contributed by atoms with Crippen LogP contribution in [0.2, 0.25) is 5.02 Å². The number of aromatic nitrogens is 5. The summed E-state index contributed by atoms with van der Waals surface area (Å²) >= 11 is 6.34.